The van der Waals surface area contributed by atoms with Gasteiger partial charge in [0.15, 0.2) is 0 Å². The van der Waals surface area contributed by atoms with Crippen molar-refractivity contribution < 1.29 is 5.11 Å². The maximum absolute atomic E-state index is 9.20. The first-order valence-corrected chi connectivity index (χ1v) is 6.95. The molecule has 0 aliphatic heterocycles. The number of aromatic nitrogens is 2. The molecule has 0 aliphatic rings. The normalized spacial score (nSPS) is 10.8. The number of phenolic OH excluding ortho intramolecular Hbond substituents is 1. The van der Waals surface area contributed by atoms with Crippen LogP contribution in [0.5, 0.6) is 5.75 Å². The van der Waals surface area contributed by atoms with Gasteiger partial charge in [-0.2, -0.15) is 5.10 Å². The van der Waals surface area contributed by atoms with Gasteiger partial charge in [0.25, 0.3) is 0 Å². The number of phenols is 1. The number of hydrogen-bond donors (Lipinski definition) is 1. The predicted molar refractivity (Wildman–Crippen MR) is 73.3 cm³/mol. The van der Waals surface area contributed by atoms with Crippen LogP contribution in [0.2, 0.25) is 0 Å². The summed E-state index contributed by atoms with van der Waals surface area (Å²) in [6.45, 7) is 1.98. The van der Waals surface area contributed by atoms with E-state index >= 15 is 0 Å². The van der Waals surface area contributed by atoms with Gasteiger partial charge in [-0.15, -0.1) is 11.8 Å². The van der Waals surface area contributed by atoms with Gasteiger partial charge in [-0.05, 0) is 47.1 Å². The van der Waals surface area contributed by atoms with Crippen molar-refractivity contribution in [2.24, 2.45) is 7.05 Å². The number of thioether (sulfide) groups is 1. The predicted octanol–water partition coefficient (Wildman–Crippen LogP) is 3.49. The Hall–Kier alpha value is -0.940. The molecule has 0 unspecified atom stereocenters. The molecule has 0 bridgehead atoms. The van der Waals surface area contributed by atoms with Crippen LogP contribution in [-0.2, 0) is 12.8 Å². The zero-order valence-electron chi connectivity index (χ0n) is 9.64. The van der Waals surface area contributed by atoms with Crippen molar-refractivity contribution in [1.82, 2.24) is 9.78 Å². The number of nitrogens with zero attached hydrogens (tertiary/aromatic N) is 2. The molecule has 0 spiro atoms. The third kappa shape index (κ3) is 2.84. The Labute approximate surface area is 113 Å². The SMILES string of the molecule is Cc1nn(C)c(CSc2ccc(O)cc2)c1Br. The van der Waals surface area contributed by atoms with E-state index in [1.54, 1.807) is 23.9 Å². The quantitative estimate of drug-likeness (QED) is 0.882. The lowest BCUT2D eigenvalue weighted by Gasteiger charge is -2.03. The number of rotatable bonds is 3. The van der Waals surface area contributed by atoms with E-state index in [2.05, 4.69) is 21.0 Å². The molecule has 0 saturated heterocycles. The van der Waals surface area contributed by atoms with Crippen molar-refractivity contribution in [2.75, 3.05) is 0 Å². The summed E-state index contributed by atoms with van der Waals surface area (Å²) in [5.74, 6) is 1.15. The smallest absolute Gasteiger partial charge is 0.115 e. The van der Waals surface area contributed by atoms with Gasteiger partial charge < -0.3 is 5.11 Å². The lowest BCUT2D eigenvalue weighted by molar-refractivity contribution is 0.475. The molecule has 0 atom stereocenters. The molecule has 1 heterocycles. The highest BCUT2D eigenvalue weighted by Gasteiger charge is 2.10. The minimum absolute atomic E-state index is 0.298. The van der Waals surface area contributed by atoms with Crippen LogP contribution in [0.15, 0.2) is 33.6 Å². The summed E-state index contributed by atoms with van der Waals surface area (Å²) >= 11 is 5.27. The van der Waals surface area contributed by atoms with E-state index in [0.717, 1.165) is 20.8 Å². The summed E-state index contributed by atoms with van der Waals surface area (Å²) in [7, 11) is 1.95. The molecule has 3 nitrogen and oxygen atoms in total. The monoisotopic (exact) mass is 312 g/mol. The lowest BCUT2D eigenvalue weighted by Crippen LogP contribution is -1.96. The molecule has 0 fully saturated rings. The Kier molecular flexibility index (Phi) is 3.79. The van der Waals surface area contributed by atoms with Crippen molar-refractivity contribution >= 4 is 27.7 Å². The van der Waals surface area contributed by atoms with Gasteiger partial charge in [-0.25, -0.2) is 0 Å². The summed E-state index contributed by atoms with van der Waals surface area (Å²) in [4.78, 5) is 1.13. The molecular weight excluding hydrogens is 300 g/mol. The molecule has 2 rings (SSSR count). The van der Waals surface area contributed by atoms with Crippen LogP contribution in [0.3, 0.4) is 0 Å². The molecule has 1 N–H and O–H groups in total. The van der Waals surface area contributed by atoms with Crippen molar-refractivity contribution in [1.29, 1.82) is 0 Å². The maximum atomic E-state index is 9.20. The van der Waals surface area contributed by atoms with E-state index in [4.69, 9.17) is 0 Å². The molecule has 90 valence electrons. The fourth-order valence-electron chi connectivity index (χ4n) is 1.53. The first kappa shape index (κ1) is 12.5. The molecular formula is C12H13BrN2OS. The zero-order valence-corrected chi connectivity index (χ0v) is 12.0. The molecule has 2 aromatic rings. The van der Waals surface area contributed by atoms with E-state index in [-0.39, 0.29) is 0 Å². The molecule has 5 heteroatoms. The van der Waals surface area contributed by atoms with E-state index in [9.17, 15) is 5.11 Å². The first-order chi connectivity index (χ1) is 8.08. The lowest BCUT2D eigenvalue weighted by atomic mass is 10.3. The average Bonchev–Trinajstić information content (AvgIpc) is 2.54. The minimum atomic E-state index is 0.298. The molecule has 1 aromatic heterocycles. The highest BCUT2D eigenvalue weighted by Crippen LogP contribution is 2.29. The topological polar surface area (TPSA) is 38.0 Å². The van der Waals surface area contributed by atoms with Gasteiger partial charge in [0.1, 0.15) is 5.75 Å². The van der Waals surface area contributed by atoms with Gasteiger partial charge >= 0.3 is 0 Å². The van der Waals surface area contributed by atoms with Gasteiger partial charge in [0, 0.05) is 17.7 Å². The van der Waals surface area contributed by atoms with Crippen LogP contribution in [0, 0.1) is 6.92 Å². The van der Waals surface area contributed by atoms with Crippen LogP contribution in [0.25, 0.3) is 0 Å². The van der Waals surface area contributed by atoms with Crippen molar-refractivity contribution in [3.8, 4) is 5.75 Å². The Balaban J connectivity index is 2.09. The third-order valence-electron chi connectivity index (χ3n) is 2.47. The second-order valence-corrected chi connectivity index (χ2v) is 5.59. The van der Waals surface area contributed by atoms with Crippen molar-refractivity contribution in [3.05, 3.63) is 40.1 Å². The second-order valence-electron chi connectivity index (χ2n) is 3.75. The van der Waals surface area contributed by atoms with Crippen LogP contribution >= 0.6 is 27.7 Å². The highest BCUT2D eigenvalue weighted by molar-refractivity contribution is 9.10. The number of halogens is 1. The number of hydrogen-bond acceptors (Lipinski definition) is 3. The second kappa shape index (κ2) is 5.14. The zero-order chi connectivity index (χ0) is 12.4. The number of aryl methyl sites for hydroxylation is 2. The number of benzene rings is 1. The van der Waals surface area contributed by atoms with E-state index in [1.807, 2.05) is 30.8 Å². The van der Waals surface area contributed by atoms with Crippen LogP contribution in [0.4, 0.5) is 0 Å². The molecule has 0 aliphatic carbocycles. The van der Waals surface area contributed by atoms with Gasteiger partial charge in [0.2, 0.25) is 0 Å². The Morgan fingerprint density at radius 3 is 2.53 bits per heavy atom. The van der Waals surface area contributed by atoms with Gasteiger partial charge in [0.05, 0.1) is 15.9 Å². The average molecular weight is 313 g/mol. The molecule has 17 heavy (non-hydrogen) atoms. The van der Waals surface area contributed by atoms with Crippen LogP contribution in [0.1, 0.15) is 11.4 Å². The first-order valence-electron chi connectivity index (χ1n) is 5.17. The van der Waals surface area contributed by atoms with Gasteiger partial charge in [-0.1, -0.05) is 0 Å². The molecule has 0 saturated carbocycles. The molecule has 1 aromatic carbocycles. The Bertz CT molecular complexity index is 522. The fourth-order valence-corrected chi connectivity index (χ4v) is 3.16. The fraction of sp³-hybridized carbons (Fsp3) is 0.250. The summed E-state index contributed by atoms with van der Waals surface area (Å²) in [5.41, 5.74) is 2.18. The molecule has 0 radical (unpaired) electrons. The van der Waals surface area contributed by atoms with Gasteiger partial charge in [-0.3, -0.25) is 4.68 Å². The van der Waals surface area contributed by atoms with Crippen LogP contribution in [-0.4, -0.2) is 14.9 Å². The van der Waals surface area contributed by atoms with Crippen LogP contribution < -0.4 is 0 Å². The standard InChI is InChI=1S/C12H13BrN2OS/c1-8-12(13)11(15(2)14-8)7-17-10-5-3-9(16)4-6-10/h3-6,16H,7H2,1-2H3. The number of aromatic hydroxyl groups is 1. The minimum Gasteiger partial charge on any atom is -0.508 e. The summed E-state index contributed by atoms with van der Waals surface area (Å²) in [6.07, 6.45) is 0. The summed E-state index contributed by atoms with van der Waals surface area (Å²) < 4.78 is 2.97. The van der Waals surface area contributed by atoms with Crippen molar-refractivity contribution in [3.63, 3.8) is 0 Å². The van der Waals surface area contributed by atoms with E-state index in [1.165, 1.54) is 5.69 Å². The maximum Gasteiger partial charge on any atom is 0.115 e. The Morgan fingerprint density at radius 2 is 2.00 bits per heavy atom. The van der Waals surface area contributed by atoms with E-state index < -0.39 is 0 Å². The Morgan fingerprint density at radius 1 is 1.35 bits per heavy atom. The summed E-state index contributed by atoms with van der Waals surface area (Å²) in [5, 5.41) is 13.6. The third-order valence-corrected chi connectivity index (χ3v) is 4.53. The largest absolute Gasteiger partial charge is 0.508 e. The van der Waals surface area contributed by atoms with E-state index in [0.29, 0.717) is 5.75 Å². The van der Waals surface area contributed by atoms with Crippen molar-refractivity contribution in [2.45, 2.75) is 17.6 Å². The molecule has 0 amide bonds. The highest BCUT2D eigenvalue weighted by atomic mass is 79.9. The summed E-state index contributed by atoms with van der Waals surface area (Å²) in [6, 6.07) is 7.23.